The summed E-state index contributed by atoms with van der Waals surface area (Å²) in [5, 5.41) is 3.12. The molecule has 2 aromatic carbocycles. The number of rotatable bonds is 2. The Morgan fingerprint density at radius 3 is 2.62 bits per heavy atom. The summed E-state index contributed by atoms with van der Waals surface area (Å²) in [6.45, 7) is 6.72. The summed E-state index contributed by atoms with van der Waals surface area (Å²) in [4.78, 5) is 45.2. The van der Waals surface area contributed by atoms with Gasteiger partial charge in [-0.1, -0.05) is 37.3 Å². The van der Waals surface area contributed by atoms with E-state index in [0.29, 0.717) is 5.69 Å². The summed E-state index contributed by atoms with van der Waals surface area (Å²) >= 11 is 0. The first-order valence-corrected chi connectivity index (χ1v) is 11.6. The third-order valence-corrected chi connectivity index (χ3v) is 8.31. The van der Waals surface area contributed by atoms with E-state index in [1.54, 1.807) is 0 Å². The highest BCUT2D eigenvalue weighted by molar-refractivity contribution is 6.26. The van der Waals surface area contributed by atoms with Gasteiger partial charge in [0.2, 0.25) is 17.7 Å². The number of hydrogen-bond acceptors (Lipinski definition) is 4. The molecule has 6 heteroatoms. The van der Waals surface area contributed by atoms with Crippen LogP contribution in [0.3, 0.4) is 0 Å². The number of benzene rings is 2. The first-order chi connectivity index (χ1) is 15.4. The minimum atomic E-state index is -1.11. The maximum absolute atomic E-state index is 14.1. The summed E-state index contributed by atoms with van der Waals surface area (Å²) in [7, 11) is 0. The van der Waals surface area contributed by atoms with Crippen LogP contribution in [-0.2, 0) is 26.3 Å². The van der Waals surface area contributed by atoms with Crippen molar-refractivity contribution in [3.63, 3.8) is 0 Å². The molecule has 3 saturated heterocycles. The standard InChI is InChI=1S/C26H27N3O3/c1-4-16-9-6-10-17-22(16)27-25(32)26(17)21-20(19-12-7-13-28(19)26)23(30)29(24(21)31)18-11-5-8-14(2)15(18)3/h5-6,8-11,19-21H,4,7,12-13H2,1-3H3,(H,27,32)/t19-,20+,21-,26+/m0/s1. The second-order valence-corrected chi connectivity index (χ2v) is 9.55. The van der Waals surface area contributed by atoms with E-state index in [2.05, 4.69) is 17.1 Å². The number of para-hydroxylation sites is 1. The predicted molar refractivity (Wildman–Crippen MR) is 121 cm³/mol. The topological polar surface area (TPSA) is 69.7 Å². The highest BCUT2D eigenvalue weighted by Gasteiger charge is 2.74. The second kappa shape index (κ2) is 6.51. The molecule has 4 atom stereocenters. The van der Waals surface area contributed by atoms with Crippen molar-refractivity contribution in [2.45, 2.75) is 51.6 Å². The van der Waals surface area contributed by atoms with Crippen molar-refractivity contribution in [1.29, 1.82) is 0 Å². The second-order valence-electron chi connectivity index (χ2n) is 9.55. The summed E-state index contributed by atoms with van der Waals surface area (Å²) in [6, 6.07) is 11.6. The van der Waals surface area contributed by atoms with Crippen LogP contribution in [0, 0.1) is 25.7 Å². The number of anilines is 2. The van der Waals surface area contributed by atoms with E-state index in [4.69, 9.17) is 0 Å². The van der Waals surface area contributed by atoms with Gasteiger partial charge in [0.15, 0.2) is 0 Å². The predicted octanol–water partition coefficient (Wildman–Crippen LogP) is 3.30. The molecular weight excluding hydrogens is 402 g/mol. The van der Waals surface area contributed by atoms with E-state index in [1.165, 1.54) is 4.90 Å². The number of hydrogen-bond donors (Lipinski definition) is 1. The van der Waals surface area contributed by atoms with Crippen LogP contribution in [0.15, 0.2) is 36.4 Å². The summed E-state index contributed by atoms with van der Waals surface area (Å²) in [6.07, 6.45) is 2.55. The quantitative estimate of drug-likeness (QED) is 0.744. The molecule has 4 heterocycles. The fraction of sp³-hybridized carbons (Fsp3) is 0.423. The molecule has 6 nitrogen and oxygen atoms in total. The van der Waals surface area contributed by atoms with E-state index in [1.807, 2.05) is 50.2 Å². The molecule has 1 spiro atoms. The average Bonchev–Trinajstić information content (AvgIpc) is 3.49. The van der Waals surface area contributed by atoms with Gasteiger partial charge >= 0.3 is 0 Å². The smallest absolute Gasteiger partial charge is 0.250 e. The van der Waals surface area contributed by atoms with Gasteiger partial charge in [-0.05, 0) is 62.4 Å². The molecule has 0 unspecified atom stereocenters. The number of nitrogens with one attached hydrogen (secondary N) is 1. The van der Waals surface area contributed by atoms with Crippen LogP contribution < -0.4 is 10.2 Å². The van der Waals surface area contributed by atoms with Gasteiger partial charge in [0.05, 0.1) is 17.5 Å². The zero-order valence-corrected chi connectivity index (χ0v) is 18.6. The van der Waals surface area contributed by atoms with Crippen molar-refractivity contribution in [3.05, 3.63) is 58.7 Å². The van der Waals surface area contributed by atoms with Crippen molar-refractivity contribution in [2.75, 3.05) is 16.8 Å². The van der Waals surface area contributed by atoms with Crippen molar-refractivity contribution < 1.29 is 14.4 Å². The number of fused-ring (bicyclic) bond motifs is 7. The van der Waals surface area contributed by atoms with Crippen LogP contribution in [0.25, 0.3) is 0 Å². The number of nitrogens with zero attached hydrogens (tertiary/aromatic N) is 2. The van der Waals surface area contributed by atoms with E-state index >= 15 is 0 Å². The molecule has 0 aliphatic carbocycles. The summed E-state index contributed by atoms with van der Waals surface area (Å²) < 4.78 is 0. The Balaban J connectivity index is 1.57. The van der Waals surface area contributed by atoms with Gasteiger partial charge in [-0.15, -0.1) is 0 Å². The largest absolute Gasteiger partial charge is 0.324 e. The van der Waals surface area contributed by atoms with Gasteiger partial charge in [0.1, 0.15) is 5.54 Å². The Hall–Kier alpha value is -2.99. The Kier molecular flexibility index (Phi) is 4.01. The van der Waals surface area contributed by atoms with Crippen LogP contribution in [0.5, 0.6) is 0 Å². The molecule has 0 bridgehead atoms. The maximum atomic E-state index is 14.1. The highest BCUT2D eigenvalue weighted by Crippen LogP contribution is 2.61. The SMILES string of the molecule is CCc1cccc2c1NC(=O)[C@]21[C@@H]2C(=O)N(c3cccc(C)c3C)C(=O)[C@@H]2[C@@H]2CCCN21. The van der Waals surface area contributed by atoms with Crippen LogP contribution in [0.2, 0.25) is 0 Å². The van der Waals surface area contributed by atoms with Crippen molar-refractivity contribution in [1.82, 2.24) is 4.90 Å². The maximum Gasteiger partial charge on any atom is 0.250 e. The van der Waals surface area contributed by atoms with Gasteiger partial charge in [-0.25, -0.2) is 4.90 Å². The molecule has 3 fully saturated rings. The Morgan fingerprint density at radius 1 is 1.06 bits per heavy atom. The molecular formula is C26H27N3O3. The Morgan fingerprint density at radius 2 is 1.84 bits per heavy atom. The number of carbonyl (C=O) groups excluding carboxylic acids is 3. The van der Waals surface area contributed by atoms with Crippen LogP contribution in [0.4, 0.5) is 11.4 Å². The number of carbonyl (C=O) groups is 3. The van der Waals surface area contributed by atoms with E-state index in [9.17, 15) is 14.4 Å². The molecule has 4 aliphatic rings. The highest BCUT2D eigenvalue weighted by atomic mass is 16.2. The van der Waals surface area contributed by atoms with Gasteiger partial charge in [0, 0.05) is 17.3 Å². The summed E-state index contributed by atoms with van der Waals surface area (Å²) in [5.41, 5.74) is 4.27. The minimum absolute atomic E-state index is 0.0893. The van der Waals surface area contributed by atoms with Crippen molar-refractivity contribution in [2.24, 2.45) is 11.8 Å². The molecule has 32 heavy (non-hydrogen) atoms. The zero-order valence-electron chi connectivity index (χ0n) is 18.6. The van der Waals surface area contributed by atoms with E-state index in [-0.39, 0.29) is 23.8 Å². The average molecular weight is 430 g/mol. The fourth-order valence-electron chi connectivity index (χ4n) is 6.80. The molecule has 3 amide bonds. The third kappa shape index (κ3) is 2.11. The Bertz CT molecular complexity index is 1200. The van der Waals surface area contributed by atoms with Crippen molar-refractivity contribution >= 4 is 29.1 Å². The molecule has 2 aromatic rings. The molecule has 4 aliphatic heterocycles. The third-order valence-electron chi connectivity index (χ3n) is 8.31. The molecule has 0 saturated carbocycles. The first-order valence-electron chi connectivity index (χ1n) is 11.6. The van der Waals surface area contributed by atoms with Gasteiger partial charge in [0.25, 0.3) is 0 Å². The normalized spacial score (nSPS) is 30.8. The summed E-state index contributed by atoms with van der Waals surface area (Å²) in [5.74, 6) is -1.75. The molecule has 6 rings (SSSR count). The molecule has 0 radical (unpaired) electrons. The molecule has 0 aromatic heterocycles. The van der Waals surface area contributed by atoms with Crippen molar-refractivity contribution in [3.8, 4) is 0 Å². The minimum Gasteiger partial charge on any atom is -0.324 e. The lowest BCUT2D eigenvalue weighted by Crippen LogP contribution is -2.54. The van der Waals surface area contributed by atoms with Gasteiger partial charge < -0.3 is 5.32 Å². The Labute approximate surface area is 187 Å². The zero-order chi connectivity index (χ0) is 22.4. The van der Waals surface area contributed by atoms with Crippen LogP contribution >= 0.6 is 0 Å². The first kappa shape index (κ1) is 19.7. The lowest BCUT2D eigenvalue weighted by Gasteiger charge is -2.36. The van der Waals surface area contributed by atoms with Crippen LogP contribution in [0.1, 0.15) is 42.0 Å². The monoisotopic (exact) mass is 429 g/mol. The van der Waals surface area contributed by atoms with Crippen LogP contribution in [-0.4, -0.2) is 35.2 Å². The fourth-order valence-corrected chi connectivity index (χ4v) is 6.80. The number of amides is 3. The van der Waals surface area contributed by atoms with Gasteiger partial charge in [-0.2, -0.15) is 0 Å². The molecule has 1 N–H and O–H groups in total. The lowest BCUT2D eigenvalue weighted by molar-refractivity contribution is -0.135. The number of aryl methyl sites for hydroxylation is 2. The van der Waals surface area contributed by atoms with E-state index in [0.717, 1.165) is 53.7 Å². The number of imide groups is 1. The molecule has 164 valence electrons. The lowest BCUT2D eigenvalue weighted by atomic mass is 9.75. The van der Waals surface area contributed by atoms with E-state index < -0.39 is 17.4 Å². The van der Waals surface area contributed by atoms with Gasteiger partial charge in [-0.3, -0.25) is 19.3 Å².